The lowest BCUT2D eigenvalue weighted by molar-refractivity contribution is -0.111. The molecule has 1 heterocycles. The molecule has 23 heavy (non-hydrogen) atoms. The number of morpholine rings is 1. The zero-order valence-corrected chi connectivity index (χ0v) is 14.4. The first-order valence-electron chi connectivity index (χ1n) is 7.45. The maximum Gasteiger partial charge on any atom is 0.248 e. The Morgan fingerprint density at radius 2 is 1.91 bits per heavy atom. The number of nitrogens with one attached hydrogen (secondary N) is 1. The maximum atomic E-state index is 12.8. The minimum Gasteiger partial charge on any atom is -0.379 e. The van der Waals surface area contributed by atoms with Crippen LogP contribution in [0.5, 0.6) is 0 Å². The van der Waals surface area contributed by atoms with E-state index in [1.54, 1.807) is 19.1 Å². The highest BCUT2D eigenvalue weighted by atomic mass is 32.2. The zero-order chi connectivity index (χ0) is 17.0. The van der Waals surface area contributed by atoms with Gasteiger partial charge in [-0.3, -0.25) is 4.79 Å². The van der Waals surface area contributed by atoms with Crippen LogP contribution in [0.15, 0.2) is 34.7 Å². The van der Waals surface area contributed by atoms with Gasteiger partial charge in [-0.25, -0.2) is 8.42 Å². The summed E-state index contributed by atoms with van der Waals surface area (Å²) in [5.74, 6) is -0.274. The molecule has 0 spiro atoms. The Labute approximate surface area is 137 Å². The molecule has 1 saturated heterocycles. The molecule has 0 aromatic heterocycles. The van der Waals surface area contributed by atoms with Crippen LogP contribution in [0.25, 0.3) is 0 Å². The van der Waals surface area contributed by atoms with Gasteiger partial charge in [0.05, 0.1) is 18.1 Å². The monoisotopic (exact) mass is 338 g/mol. The highest BCUT2D eigenvalue weighted by Crippen LogP contribution is 2.24. The summed E-state index contributed by atoms with van der Waals surface area (Å²) < 4.78 is 32.2. The van der Waals surface area contributed by atoms with Crippen molar-refractivity contribution in [2.45, 2.75) is 25.7 Å². The third-order valence-corrected chi connectivity index (χ3v) is 5.50. The van der Waals surface area contributed by atoms with Crippen LogP contribution in [0.3, 0.4) is 0 Å². The second-order valence-electron chi connectivity index (χ2n) is 5.71. The predicted octanol–water partition coefficient (Wildman–Crippen LogP) is 1.92. The van der Waals surface area contributed by atoms with Gasteiger partial charge in [0.2, 0.25) is 15.9 Å². The number of carbonyl (C=O) groups excluding carboxylic acids is 1. The first-order valence-corrected chi connectivity index (χ1v) is 8.89. The summed E-state index contributed by atoms with van der Waals surface area (Å²) in [6, 6.07) is 4.91. The Kier molecular flexibility index (Phi) is 5.56. The minimum absolute atomic E-state index is 0.217. The van der Waals surface area contributed by atoms with Crippen LogP contribution in [0.2, 0.25) is 0 Å². The fraction of sp³-hybridized carbons (Fsp3) is 0.438. The van der Waals surface area contributed by atoms with Crippen molar-refractivity contribution in [2.24, 2.45) is 0 Å². The number of ether oxygens (including phenoxy) is 1. The fourth-order valence-corrected chi connectivity index (χ4v) is 3.98. The van der Waals surface area contributed by atoms with Crippen LogP contribution in [-0.2, 0) is 19.6 Å². The first kappa shape index (κ1) is 17.7. The number of benzene rings is 1. The normalized spacial score (nSPS) is 16.0. The van der Waals surface area contributed by atoms with E-state index in [-0.39, 0.29) is 10.8 Å². The van der Waals surface area contributed by atoms with Crippen molar-refractivity contribution in [2.75, 3.05) is 31.6 Å². The lowest BCUT2D eigenvalue weighted by atomic mass is 10.2. The van der Waals surface area contributed by atoms with Crippen molar-refractivity contribution < 1.29 is 17.9 Å². The number of hydrogen-bond acceptors (Lipinski definition) is 4. The van der Waals surface area contributed by atoms with Gasteiger partial charge in [0.15, 0.2) is 0 Å². The number of nitrogens with zero attached hydrogens (tertiary/aromatic N) is 1. The second kappa shape index (κ2) is 7.25. The summed E-state index contributed by atoms with van der Waals surface area (Å²) in [5.41, 5.74) is 1.98. The van der Waals surface area contributed by atoms with Gasteiger partial charge < -0.3 is 10.1 Å². The SMILES string of the molecule is CC(C)=CC(=O)Nc1ccc(C)c(S(=O)(=O)N2CCOCC2)c1. The number of allylic oxidation sites excluding steroid dienone is 1. The number of rotatable bonds is 4. The Morgan fingerprint density at radius 1 is 1.26 bits per heavy atom. The van der Waals surface area contributed by atoms with Gasteiger partial charge in [-0.15, -0.1) is 0 Å². The van der Waals surface area contributed by atoms with E-state index >= 15 is 0 Å². The van der Waals surface area contributed by atoms with E-state index in [0.717, 1.165) is 5.57 Å². The molecule has 7 heteroatoms. The topological polar surface area (TPSA) is 75.7 Å². The smallest absolute Gasteiger partial charge is 0.248 e. The molecule has 1 aliphatic heterocycles. The summed E-state index contributed by atoms with van der Waals surface area (Å²) in [5, 5.41) is 2.69. The largest absolute Gasteiger partial charge is 0.379 e. The summed E-state index contributed by atoms with van der Waals surface area (Å²) in [6.45, 7) is 6.87. The van der Waals surface area contributed by atoms with E-state index in [4.69, 9.17) is 4.74 Å². The Hall–Kier alpha value is -1.70. The van der Waals surface area contributed by atoms with E-state index in [1.165, 1.54) is 16.4 Å². The van der Waals surface area contributed by atoms with Crippen molar-refractivity contribution in [3.63, 3.8) is 0 Å². The molecular formula is C16H22N2O4S. The molecule has 1 N–H and O–H groups in total. The van der Waals surface area contributed by atoms with Crippen LogP contribution in [0.4, 0.5) is 5.69 Å². The number of amides is 1. The van der Waals surface area contributed by atoms with E-state index in [1.807, 2.05) is 13.8 Å². The van der Waals surface area contributed by atoms with E-state index in [0.29, 0.717) is 37.6 Å². The molecule has 2 rings (SSSR count). The molecule has 0 bridgehead atoms. The minimum atomic E-state index is -3.59. The molecule has 1 aliphatic rings. The molecule has 1 fully saturated rings. The lowest BCUT2D eigenvalue weighted by Crippen LogP contribution is -2.40. The molecule has 1 amide bonds. The molecule has 0 saturated carbocycles. The Balaban J connectivity index is 2.30. The highest BCUT2D eigenvalue weighted by molar-refractivity contribution is 7.89. The van der Waals surface area contributed by atoms with Gasteiger partial charge in [0, 0.05) is 24.9 Å². The molecule has 126 valence electrons. The number of hydrogen-bond donors (Lipinski definition) is 1. The maximum absolute atomic E-state index is 12.8. The van der Waals surface area contributed by atoms with Crippen LogP contribution >= 0.6 is 0 Å². The Bertz CT molecular complexity index is 716. The van der Waals surface area contributed by atoms with Crippen LogP contribution in [0.1, 0.15) is 19.4 Å². The molecule has 1 aromatic carbocycles. The Morgan fingerprint density at radius 3 is 2.52 bits per heavy atom. The molecule has 0 atom stereocenters. The van der Waals surface area contributed by atoms with Gasteiger partial charge in [-0.05, 0) is 38.5 Å². The summed E-state index contributed by atoms with van der Waals surface area (Å²) >= 11 is 0. The van der Waals surface area contributed by atoms with E-state index in [2.05, 4.69) is 5.32 Å². The van der Waals surface area contributed by atoms with E-state index < -0.39 is 10.0 Å². The number of carbonyl (C=O) groups is 1. The third-order valence-electron chi connectivity index (χ3n) is 3.46. The zero-order valence-electron chi connectivity index (χ0n) is 13.6. The van der Waals surface area contributed by atoms with Gasteiger partial charge >= 0.3 is 0 Å². The number of anilines is 1. The quantitative estimate of drug-likeness (QED) is 0.851. The van der Waals surface area contributed by atoms with Crippen LogP contribution < -0.4 is 5.32 Å². The van der Waals surface area contributed by atoms with Crippen molar-refractivity contribution >= 4 is 21.6 Å². The number of aryl methyl sites for hydroxylation is 1. The predicted molar refractivity (Wildman–Crippen MR) is 88.8 cm³/mol. The summed E-state index contributed by atoms with van der Waals surface area (Å²) in [7, 11) is -3.59. The molecular weight excluding hydrogens is 316 g/mol. The summed E-state index contributed by atoms with van der Waals surface area (Å²) in [4.78, 5) is 12.0. The van der Waals surface area contributed by atoms with Crippen molar-refractivity contribution in [3.8, 4) is 0 Å². The average Bonchev–Trinajstić information content (AvgIpc) is 2.49. The number of sulfonamides is 1. The van der Waals surface area contributed by atoms with Crippen molar-refractivity contribution in [3.05, 3.63) is 35.4 Å². The lowest BCUT2D eigenvalue weighted by Gasteiger charge is -2.26. The standard InChI is InChI=1S/C16H22N2O4S/c1-12(2)10-16(19)17-14-5-4-13(3)15(11-14)23(20,21)18-6-8-22-9-7-18/h4-5,10-11H,6-9H2,1-3H3,(H,17,19). The molecule has 0 unspecified atom stereocenters. The van der Waals surface area contributed by atoms with E-state index in [9.17, 15) is 13.2 Å². The average molecular weight is 338 g/mol. The second-order valence-corrected chi connectivity index (χ2v) is 7.61. The molecule has 6 nitrogen and oxygen atoms in total. The molecule has 0 radical (unpaired) electrons. The van der Waals surface area contributed by atoms with Crippen molar-refractivity contribution in [1.82, 2.24) is 4.31 Å². The van der Waals surface area contributed by atoms with Gasteiger partial charge in [-0.1, -0.05) is 11.6 Å². The fourth-order valence-electron chi connectivity index (χ4n) is 2.32. The third kappa shape index (κ3) is 4.40. The molecule has 1 aromatic rings. The highest BCUT2D eigenvalue weighted by Gasteiger charge is 2.27. The van der Waals surface area contributed by atoms with Gasteiger partial charge in [-0.2, -0.15) is 4.31 Å². The van der Waals surface area contributed by atoms with Crippen molar-refractivity contribution in [1.29, 1.82) is 0 Å². The molecule has 0 aliphatic carbocycles. The first-order chi connectivity index (χ1) is 10.8. The van der Waals surface area contributed by atoms with Crippen LogP contribution in [0, 0.1) is 6.92 Å². The van der Waals surface area contributed by atoms with Gasteiger partial charge in [0.25, 0.3) is 0 Å². The van der Waals surface area contributed by atoms with Gasteiger partial charge in [0.1, 0.15) is 0 Å². The van der Waals surface area contributed by atoms with Crippen LogP contribution in [-0.4, -0.2) is 44.9 Å². The summed E-state index contributed by atoms with van der Waals surface area (Å²) in [6.07, 6.45) is 1.47.